The van der Waals surface area contributed by atoms with E-state index in [4.69, 9.17) is 5.10 Å². The summed E-state index contributed by atoms with van der Waals surface area (Å²) in [4.78, 5) is 15.7. The Kier molecular flexibility index (Phi) is 4.24. The molecule has 120 valence electrons. The zero-order valence-electron chi connectivity index (χ0n) is 12.7. The van der Waals surface area contributed by atoms with Crippen LogP contribution in [-0.4, -0.2) is 27.5 Å². The van der Waals surface area contributed by atoms with Crippen LogP contribution in [0.5, 0.6) is 0 Å². The van der Waals surface area contributed by atoms with Crippen LogP contribution in [0, 0.1) is 0 Å². The van der Waals surface area contributed by atoms with Gasteiger partial charge in [0.2, 0.25) is 0 Å². The van der Waals surface area contributed by atoms with Crippen LogP contribution in [0.25, 0.3) is 0 Å². The van der Waals surface area contributed by atoms with Gasteiger partial charge in [-0.15, -0.1) is 0 Å². The van der Waals surface area contributed by atoms with Gasteiger partial charge >= 0.3 is 0 Å². The van der Waals surface area contributed by atoms with Gasteiger partial charge in [-0.2, -0.15) is 10.1 Å². The highest BCUT2D eigenvalue weighted by molar-refractivity contribution is 9.10. The Morgan fingerprint density at radius 3 is 2.50 bits per heavy atom. The Labute approximate surface area is 152 Å². The third-order valence-electron chi connectivity index (χ3n) is 4.01. The Balaban J connectivity index is 1.71. The van der Waals surface area contributed by atoms with Crippen molar-refractivity contribution in [2.24, 2.45) is 10.1 Å². The van der Waals surface area contributed by atoms with Gasteiger partial charge in [0.05, 0.1) is 17.5 Å². The molecule has 2 aromatic rings. The molecule has 1 unspecified atom stereocenters. The maximum Gasteiger partial charge on any atom is 0.258 e. The van der Waals surface area contributed by atoms with E-state index in [1.165, 1.54) is 11.8 Å². The van der Waals surface area contributed by atoms with Gasteiger partial charge < -0.3 is 0 Å². The molecule has 0 N–H and O–H groups in total. The highest BCUT2D eigenvalue weighted by Crippen LogP contribution is 2.36. The smallest absolute Gasteiger partial charge is 0.258 e. The summed E-state index contributed by atoms with van der Waals surface area (Å²) in [6.45, 7) is 0. The molecule has 2 aliphatic rings. The topological polar surface area (TPSA) is 45.0 Å². The van der Waals surface area contributed by atoms with Gasteiger partial charge in [0.1, 0.15) is 0 Å². The van der Waals surface area contributed by atoms with E-state index >= 15 is 0 Å². The predicted molar refractivity (Wildman–Crippen MR) is 101 cm³/mol. The van der Waals surface area contributed by atoms with Gasteiger partial charge in [-0.3, -0.25) is 4.79 Å². The van der Waals surface area contributed by atoms with E-state index in [-0.39, 0.29) is 11.9 Å². The van der Waals surface area contributed by atoms with Crippen LogP contribution in [0.1, 0.15) is 23.6 Å². The Bertz CT molecular complexity index is 833. The van der Waals surface area contributed by atoms with Gasteiger partial charge in [0.25, 0.3) is 5.91 Å². The molecule has 0 saturated heterocycles. The molecule has 0 radical (unpaired) electrons. The first kappa shape index (κ1) is 15.6. The molecule has 0 fully saturated rings. The average molecular weight is 400 g/mol. The number of nitrogens with zero attached hydrogens (tertiary/aromatic N) is 3. The zero-order valence-corrected chi connectivity index (χ0v) is 15.1. The van der Waals surface area contributed by atoms with Gasteiger partial charge in [-0.1, -0.05) is 70.2 Å². The van der Waals surface area contributed by atoms with Crippen molar-refractivity contribution in [1.29, 1.82) is 0 Å². The van der Waals surface area contributed by atoms with Crippen LogP contribution >= 0.6 is 27.7 Å². The zero-order chi connectivity index (χ0) is 16.5. The second kappa shape index (κ2) is 6.53. The third kappa shape index (κ3) is 3.03. The van der Waals surface area contributed by atoms with Gasteiger partial charge in [-0.05, 0) is 23.3 Å². The summed E-state index contributed by atoms with van der Waals surface area (Å²) in [5, 5.41) is 7.39. The molecule has 24 heavy (non-hydrogen) atoms. The summed E-state index contributed by atoms with van der Waals surface area (Å²) >= 11 is 4.93. The van der Waals surface area contributed by atoms with Crippen LogP contribution in [-0.2, 0) is 4.79 Å². The largest absolute Gasteiger partial charge is 0.272 e. The number of carbonyl (C=O) groups excluding carboxylic acids is 1. The molecule has 1 amide bonds. The molecule has 0 bridgehead atoms. The van der Waals surface area contributed by atoms with E-state index in [2.05, 4.69) is 45.2 Å². The number of amides is 1. The van der Waals surface area contributed by atoms with Crippen LogP contribution in [0.3, 0.4) is 0 Å². The molecule has 0 aliphatic carbocycles. The second-order valence-electron chi connectivity index (χ2n) is 5.61. The van der Waals surface area contributed by atoms with E-state index in [0.717, 1.165) is 27.7 Å². The molecule has 0 saturated carbocycles. The monoisotopic (exact) mass is 399 g/mol. The van der Waals surface area contributed by atoms with Crippen molar-refractivity contribution in [2.75, 3.05) is 5.75 Å². The molecule has 0 aromatic heterocycles. The highest BCUT2D eigenvalue weighted by Gasteiger charge is 2.34. The van der Waals surface area contributed by atoms with Crippen molar-refractivity contribution in [3.8, 4) is 0 Å². The number of aliphatic imine (C=N–C) groups is 1. The summed E-state index contributed by atoms with van der Waals surface area (Å²) in [5.74, 6) is 0.308. The molecule has 6 heteroatoms. The minimum Gasteiger partial charge on any atom is -0.272 e. The Morgan fingerprint density at radius 1 is 1.08 bits per heavy atom. The van der Waals surface area contributed by atoms with Crippen molar-refractivity contribution in [1.82, 2.24) is 5.01 Å². The van der Waals surface area contributed by atoms with Gasteiger partial charge in [-0.25, -0.2) is 5.01 Å². The number of hydrogen-bond acceptors (Lipinski definition) is 4. The number of hydrazone groups is 1. The molecule has 4 rings (SSSR count). The molecule has 1 atom stereocenters. The Morgan fingerprint density at radius 2 is 1.83 bits per heavy atom. The van der Waals surface area contributed by atoms with Crippen molar-refractivity contribution >= 4 is 44.5 Å². The van der Waals surface area contributed by atoms with E-state index in [9.17, 15) is 4.79 Å². The van der Waals surface area contributed by atoms with Gasteiger partial charge in [0.15, 0.2) is 5.17 Å². The first-order chi connectivity index (χ1) is 11.7. The second-order valence-corrected chi connectivity index (χ2v) is 7.46. The van der Waals surface area contributed by atoms with Crippen molar-refractivity contribution in [2.45, 2.75) is 12.5 Å². The van der Waals surface area contributed by atoms with E-state index in [1.807, 2.05) is 35.3 Å². The number of carbonyl (C=O) groups is 1. The first-order valence-electron chi connectivity index (χ1n) is 7.62. The summed E-state index contributed by atoms with van der Waals surface area (Å²) in [7, 11) is 0. The fourth-order valence-corrected chi connectivity index (χ4v) is 3.90. The van der Waals surface area contributed by atoms with Crippen molar-refractivity contribution in [3.05, 3.63) is 70.2 Å². The Hall–Kier alpha value is -1.92. The molecule has 2 heterocycles. The number of halogens is 1. The maximum absolute atomic E-state index is 11.6. The maximum atomic E-state index is 11.6. The highest BCUT2D eigenvalue weighted by atomic mass is 79.9. The summed E-state index contributed by atoms with van der Waals surface area (Å²) in [6.07, 6.45) is 0.791. The predicted octanol–water partition coefficient (Wildman–Crippen LogP) is 4.23. The fraction of sp³-hybridized carbons (Fsp3) is 0.167. The lowest BCUT2D eigenvalue weighted by Crippen LogP contribution is -2.23. The molecular weight excluding hydrogens is 386 g/mol. The lowest BCUT2D eigenvalue weighted by atomic mass is 9.99. The van der Waals surface area contributed by atoms with Crippen molar-refractivity contribution < 1.29 is 4.79 Å². The molecule has 0 spiro atoms. The summed E-state index contributed by atoms with van der Waals surface area (Å²) in [5.41, 5.74) is 3.29. The summed E-state index contributed by atoms with van der Waals surface area (Å²) in [6, 6.07) is 18.5. The minimum atomic E-state index is -0.0899. The van der Waals surface area contributed by atoms with Crippen LogP contribution < -0.4 is 0 Å². The SMILES string of the molecule is O=C1CSC(N2N=C(c3ccccc3)CC2c2ccc(Br)cc2)=N1. The van der Waals surface area contributed by atoms with E-state index in [0.29, 0.717) is 10.9 Å². The average Bonchev–Trinajstić information content (AvgIpc) is 3.23. The molecule has 2 aromatic carbocycles. The van der Waals surface area contributed by atoms with Crippen LogP contribution in [0.2, 0.25) is 0 Å². The fourth-order valence-electron chi connectivity index (χ4n) is 2.85. The van der Waals surface area contributed by atoms with Crippen molar-refractivity contribution in [3.63, 3.8) is 0 Å². The van der Waals surface area contributed by atoms with E-state index < -0.39 is 0 Å². The number of amidine groups is 1. The number of benzene rings is 2. The molecular formula is C18H14BrN3OS. The standard InChI is InChI=1S/C18H14BrN3OS/c19-14-8-6-13(7-9-14)16-10-15(12-4-2-1-3-5-12)21-22(16)18-20-17(23)11-24-18/h1-9,16H,10-11H2. The molecule has 4 nitrogen and oxygen atoms in total. The van der Waals surface area contributed by atoms with E-state index in [1.54, 1.807) is 0 Å². The minimum absolute atomic E-state index is 0.0606. The molecule has 2 aliphatic heterocycles. The lowest BCUT2D eigenvalue weighted by molar-refractivity contribution is -0.115. The van der Waals surface area contributed by atoms with Gasteiger partial charge in [0, 0.05) is 10.9 Å². The lowest BCUT2D eigenvalue weighted by Gasteiger charge is -2.22. The number of rotatable bonds is 2. The first-order valence-corrected chi connectivity index (χ1v) is 9.40. The third-order valence-corrected chi connectivity index (χ3v) is 5.47. The summed E-state index contributed by atoms with van der Waals surface area (Å²) < 4.78 is 1.04. The van der Waals surface area contributed by atoms with Crippen LogP contribution in [0.15, 0.2) is 69.2 Å². The number of hydrogen-bond donors (Lipinski definition) is 0. The number of thioether (sulfide) groups is 1. The van der Waals surface area contributed by atoms with Crippen LogP contribution in [0.4, 0.5) is 0 Å². The normalized spacial score (nSPS) is 20.3. The quantitative estimate of drug-likeness (QED) is 0.758.